The predicted molar refractivity (Wildman–Crippen MR) is 37.0 cm³/mol. The van der Waals surface area contributed by atoms with E-state index in [1.165, 1.54) is 32.1 Å². The van der Waals surface area contributed by atoms with Crippen molar-refractivity contribution in [2.45, 2.75) is 32.1 Å². The van der Waals surface area contributed by atoms with Gasteiger partial charge in [0.05, 0.1) is 6.61 Å². The third-order valence-electron chi connectivity index (χ3n) is 1.63. The molecule has 0 aliphatic carbocycles. The topological polar surface area (TPSA) is 21.3 Å². The summed E-state index contributed by atoms with van der Waals surface area (Å²) in [6, 6.07) is 0. The van der Waals surface area contributed by atoms with Gasteiger partial charge in [0.15, 0.2) is 0 Å². The van der Waals surface area contributed by atoms with Crippen molar-refractivity contribution in [1.82, 2.24) is 5.48 Å². The highest BCUT2D eigenvalue weighted by molar-refractivity contribution is 4.47. The normalized spacial score (nSPS) is 24.0. The molecule has 1 saturated heterocycles. The van der Waals surface area contributed by atoms with Gasteiger partial charge in [-0.25, -0.2) is 5.48 Å². The van der Waals surface area contributed by atoms with Crippen LogP contribution in [0.2, 0.25) is 0 Å². The average Bonchev–Trinajstić information content (AvgIpc) is 2.00. The van der Waals surface area contributed by atoms with E-state index in [2.05, 4.69) is 5.48 Å². The molecule has 0 aromatic rings. The van der Waals surface area contributed by atoms with Gasteiger partial charge >= 0.3 is 0 Å². The van der Waals surface area contributed by atoms with Crippen molar-refractivity contribution in [1.29, 1.82) is 0 Å². The fourth-order valence-corrected chi connectivity index (χ4v) is 1.05. The Labute approximate surface area is 56.5 Å². The summed E-state index contributed by atoms with van der Waals surface area (Å²) < 4.78 is 0. The number of hydroxylamine groups is 1. The first-order valence-electron chi connectivity index (χ1n) is 3.85. The summed E-state index contributed by atoms with van der Waals surface area (Å²) >= 11 is 0. The second kappa shape index (κ2) is 4.77. The van der Waals surface area contributed by atoms with Crippen molar-refractivity contribution in [3.05, 3.63) is 0 Å². The SMILES string of the molecule is C1CCCNOCCC1. The third kappa shape index (κ3) is 3.49. The molecule has 9 heavy (non-hydrogen) atoms. The van der Waals surface area contributed by atoms with Crippen LogP contribution in [0.5, 0.6) is 0 Å². The zero-order chi connectivity index (χ0) is 6.36. The Balaban J connectivity index is 2.02. The van der Waals surface area contributed by atoms with E-state index in [-0.39, 0.29) is 0 Å². The fraction of sp³-hybridized carbons (Fsp3) is 1.00. The maximum atomic E-state index is 5.10. The average molecular weight is 129 g/mol. The Morgan fingerprint density at radius 3 is 2.67 bits per heavy atom. The number of hydrogen-bond donors (Lipinski definition) is 1. The molecule has 0 unspecified atom stereocenters. The zero-order valence-electron chi connectivity index (χ0n) is 5.86. The van der Waals surface area contributed by atoms with Crippen LogP contribution in [-0.2, 0) is 4.84 Å². The molecule has 1 aliphatic heterocycles. The molecule has 0 saturated carbocycles. The van der Waals surface area contributed by atoms with Gasteiger partial charge in [-0.2, -0.15) is 0 Å². The summed E-state index contributed by atoms with van der Waals surface area (Å²) in [7, 11) is 0. The Bertz CT molecular complexity index is 37.4. The minimum Gasteiger partial charge on any atom is -0.302 e. The fourth-order valence-electron chi connectivity index (χ4n) is 1.05. The van der Waals surface area contributed by atoms with Crippen LogP contribution in [0.15, 0.2) is 0 Å². The quantitative estimate of drug-likeness (QED) is 0.534. The molecule has 0 spiro atoms. The van der Waals surface area contributed by atoms with Crippen molar-refractivity contribution in [3.8, 4) is 0 Å². The summed E-state index contributed by atoms with van der Waals surface area (Å²) in [5.74, 6) is 0. The molecule has 1 aliphatic rings. The molecule has 54 valence electrons. The van der Waals surface area contributed by atoms with Crippen LogP contribution in [0, 0.1) is 0 Å². The second-order valence-electron chi connectivity index (χ2n) is 2.51. The van der Waals surface area contributed by atoms with E-state index < -0.39 is 0 Å². The molecule has 0 aromatic heterocycles. The predicted octanol–water partition coefficient (Wildman–Crippen LogP) is 1.47. The molecule has 1 rings (SSSR count). The maximum Gasteiger partial charge on any atom is 0.0682 e. The molecule has 1 heterocycles. The first-order valence-corrected chi connectivity index (χ1v) is 3.85. The first kappa shape index (κ1) is 7.03. The Hall–Kier alpha value is -0.0800. The highest BCUT2D eigenvalue weighted by Gasteiger charge is 1.94. The van der Waals surface area contributed by atoms with Gasteiger partial charge in [-0.1, -0.05) is 19.3 Å². The lowest BCUT2D eigenvalue weighted by Gasteiger charge is -1.99. The molecular weight excluding hydrogens is 114 g/mol. The lowest BCUT2D eigenvalue weighted by atomic mass is 10.1. The van der Waals surface area contributed by atoms with Crippen LogP contribution in [0.4, 0.5) is 0 Å². The molecular formula is C7H15NO. The maximum absolute atomic E-state index is 5.10. The lowest BCUT2D eigenvalue weighted by Crippen LogP contribution is -2.15. The van der Waals surface area contributed by atoms with Gasteiger partial charge in [0.2, 0.25) is 0 Å². The van der Waals surface area contributed by atoms with Crippen molar-refractivity contribution >= 4 is 0 Å². The number of nitrogens with one attached hydrogen (secondary N) is 1. The largest absolute Gasteiger partial charge is 0.302 e. The second-order valence-corrected chi connectivity index (χ2v) is 2.51. The van der Waals surface area contributed by atoms with Crippen molar-refractivity contribution in [2.75, 3.05) is 13.2 Å². The van der Waals surface area contributed by atoms with Crippen LogP contribution in [-0.4, -0.2) is 13.2 Å². The smallest absolute Gasteiger partial charge is 0.0682 e. The highest BCUT2D eigenvalue weighted by atomic mass is 16.6. The summed E-state index contributed by atoms with van der Waals surface area (Å²) in [6.45, 7) is 1.92. The van der Waals surface area contributed by atoms with Crippen LogP contribution in [0.3, 0.4) is 0 Å². The summed E-state index contributed by atoms with van der Waals surface area (Å²) in [4.78, 5) is 5.10. The van der Waals surface area contributed by atoms with Gasteiger partial charge in [0.1, 0.15) is 0 Å². The van der Waals surface area contributed by atoms with Gasteiger partial charge < -0.3 is 4.84 Å². The minimum atomic E-state index is 0.889. The molecule has 0 bridgehead atoms. The standard InChI is InChI=1S/C7H15NO/c1-2-4-6-8-9-7-5-3-1/h8H,1-7H2. The molecule has 0 radical (unpaired) electrons. The van der Waals surface area contributed by atoms with Crippen LogP contribution in [0.1, 0.15) is 32.1 Å². The molecule has 0 aromatic carbocycles. The molecule has 2 heteroatoms. The number of hydrogen-bond acceptors (Lipinski definition) is 2. The Morgan fingerprint density at radius 2 is 1.67 bits per heavy atom. The van der Waals surface area contributed by atoms with Crippen LogP contribution < -0.4 is 5.48 Å². The molecule has 1 fully saturated rings. The van der Waals surface area contributed by atoms with Gasteiger partial charge in [0, 0.05) is 6.54 Å². The van der Waals surface area contributed by atoms with E-state index in [0.717, 1.165) is 13.2 Å². The van der Waals surface area contributed by atoms with E-state index in [4.69, 9.17) is 4.84 Å². The summed E-state index contributed by atoms with van der Waals surface area (Å²) in [5, 5.41) is 0. The van der Waals surface area contributed by atoms with E-state index >= 15 is 0 Å². The van der Waals surface area contributed by atoms with E-state index in [9.17, 15) is 0 Å². The van der Waals surface area contributed by atoms with Crippen molar-refractivity contribution in [2.24, 2.45) is 0 Å². The first-order chi connectivity index (χ1) is 4.50. The van der Waals surface area contributed by atoms with Gasteiger partial charge in [-0.05, 0) is 12.8 Å². The van der Waals surface area contributed by atoms with E-state index in [0.29, 0.717) is 0 Å². The minimum absolute atomic E-state index is 0.889. The number of rotatable bonds is 0. The van der Waals surface area contributed by atoms with Crippen molar-refractivity contribution in [3.63, 3.8) is 0 Å². The van der Waals surface area contributed by atoms with Crippen LogP contribution in [0.25, 0.3) is 0 Å². The van der Waals surface area contributed by atoms with Gasteiger partial charge in [-0.15, -0.1) is 0 Å². The Morgan fingerprint density at radius 1 is 0.889 bits per heavy atom. The summed E-state index contributed by atoms with van der Waals surface area (Å²) in [6.07, 6.45) is 6.55. The molecule has 0 amide bonds. The summed E-state index contributed by atoms with van der Waals surface area (Å²) in [5.41, 5.74) is 2.93. The lowest BCUT2D eigenvalue weighted by molar-refractivity contribution is 0.0414. The highest BCUT2D eigenvalue weighted by Crippen LogP contribution is 2.03. The van der Waals surface area contributed by atoms with E-state index in [1.807, 2.05) is 0 Å². The van der Waals surface area contributed by atoms with Crippen molar-refractivity contribution < 1.29 is 4.84 Å². The Kier molecular flexibility index (Phi) is 3.72. The van der Waals surface area contributed by atoms with E-state index in [1.54, 1.807) is 0 Å². The monoisotopic (exact) mass is 129 g/mol. The third-order valence-corrected chi connectivity index (χ3v) is 1.63. The molecule has 2 nitrogen and oxygen atoms in total. The molecule has 0 atom stereocenters. The van der Waals surface area contributed by atoms with Crippen LogP contribution >= 0.6 is 0 Å². The molecule has 1 N–H and O–H groups in total. The van der Waals surface area contributed by atoms with Gasteiger partial charge in [-0.3, -0.25) is 0 Å². The van der Waals surface area contributed by atoms with Gasteiger partial charge in [0.25, 0.3) is 0 Å². The zero-order valence-corrected chi connectivity index (χ0v) is 5.86.